The Kier molecular flexibility index (Phi) is 4.47. The Morgan fingerprint density at radius 1 is 1.00 bits per heavy atom. The van der Waals surface area contributed by atoms with Crippen molar-refractivity contribution in [1.29, 1.82) is 0 Å². The molecule has 106 valence electrons. The van der Waals surface area contributed by atoms with Gasteiger partial charge < -0.3 is 14.6 Å². The molecule has 0 spiro atoms. The molecule has 1 atom stereocenters. The number of rotatable bonds is 4. The molecule has 0 aliphatic carbocycles. The molecule has 0 aromatic heterocycles. The molecular weight excluding hydrogens is 283 g/mol. The van der Waals surface area contributed by atoms with Gasteiger partial charge in [-0.1, -0.05) is 11.6 Å². The van der Waals surface area contributed by atoms with E-state index in [4.69, 9.17) is 21.1 Å². The van der Waals surface area contributed by atoms with Crippen LogP contribution in [0, 0.1) is 5.82 Å². The molecule has 2 aromatic rings. The Morgan fingerprint density at radius 2 is 1.55 bits per heavy atom. The van der Waals surface area contributed by atoms with Gasteiger partial charge in [0.05, 0.1) is 14.2 Å². The molecule has 2 rings (SSSR count). The molecule has 2 aromatic carbocycles. The number of benzene rings is 2. The molecule has 0 heterocycles. The summed E-state index contributed by atoms with van der Waals surface area (Å²) in [7, 11) is 2.95. The van der Waals surface area contributed by atoms with Crippen LogP contribution in [-0.2, 0) is 0 Å². The van der Waals surface area contributed by atoms with Crippen LogP contribution in [0.2, 0.25) is 5.02 Å². The van der Waals surface area contributed by atoms with Gasteiger partial charge in [0.1, 0.15) is 23.4 Å². The normalized spacial score (nSPS) is 12.1. The van der Waals surface area contributed by atoms with Crippen molar-refractivity contribution in [3.05, 3.63) is 58.4 Å². The molecule has 0 bridgehead atoms. The van der Waals surface area contributed by atoms with Gasteiger partial charge in [-0.15, -0.1) is 0 Å². The first kappa shape index (κ1) is 14.6. The Labute approximate surface area is 121 Å². The van der Waals surface area contributed by atoms with Crippen LogP contribution in [0.1, 0.15) is 17.2 Å². The largest absolute Gasteiger partial charge is 0.496 e. The lowest BCUT2D eigenvalue weighted by Crippen LogP contribution is -2.05. The van der Waals surface area contributed by atoms with Crippen LogP contribution in [0.3, 0.4) is 0 Å². The van der Waals surface area contributed by atoms with Crippen molar-refractivity contribution >= 4 is 11.6 Å². The predicted octanol–water partition coefficient (Wildman–Crippen LogP) is 3.58. The average Bonchev–Trinajstić information content (AvgIpc) is 2.46. The fourth-order valence-electron chi connectivity index (χ4n) is 2.01. The van der Waals surface area contributed by atoms with E-state index >= 15 is 0 Å². The van der Waals surface area contributed by atoms with Crippen molar-refractivity contribution in [3.8, 4) is 11.5 Å². The zero-order valence-electron chi connectivity index (χ0n) is 11.1. The summed E-state index contributed by atoms with van der Waals surface area (Å²) in [6.07, 6.45) is -1.10. The molecule has 0 saturated carbocycles. The van der Waals surface area contributed by atoms with Gasteiger partial charge in [-0.3, -0.25) is 0 Å². The zero-order chi connectivity index (χ0) is 14.7. The van der Waals surface area contributed by atoms with Crippen LogP contribution in [0.5, 0.6) is 11.5 Å². The maximum Gasteiger partial charge on any atom is 0.125 e. The summed E-state index contributed by atoms with van der Waals surface area (Å²) in [5.41, 5.74) is 0.761. The van der Waals surface area contributed by atoms with Gasteiger partial charge in [-0.25, -0.2) is 4.39 Å². The summed E-state index contributed by atoms with van der Waals surface area (Å²) >= 11 is 5.94. The minimum atomic E-state index is -1.10. The van der Waals surface area contributed by atoms with E-state index in [9.17, 15) is 9.50 Å². The zero-order valence-corrected chi connectivity index (χ0v) is 11.8. The second kappa shape index (κ2) is 6.11. The van der Waals surface area contributed by atoms with Crippen LogP contribution in [-0.4, -0.2) is 19.3 Å². The maximum atomic E-state index is 13.4. The third-order valence-electron chi connectivity index (χ3n) is 2.97. The highest BCUT2D eigenvalue weighted by molar-refractivity contribution is 6.30. The highest BCUT2D eigenvalue weighted by atomic mass is 35.5. The Hall–Kier alpha value is -1.78. The fourth-order valence-corrected chi connectivity index (χ4v) is 2.19. The van der Waals surface area contributed by atoms with E-state index in [1.807, 2.05) is 0 Å². The first-order valence-electron chi connectivity index (χ1n) is 5.91. The number of methoxy groups -OCH3 is 2. The second-order valence-electron chi connectivity index (χ2n) is 4.18. The van der Waals surface area contributed by atoms with Gasteiger partial charge in [0.25, 0.3) is 0 Å². The molecule has 0 fully saturated rings. The van der Waals surface area contributed by atoms with E-state index < -0.39 is 11.9 Å². The topological polar surface area (TPSA) is 38.7 Å². The molecule has 5 heteroatoms. The first-order valence-corrected chi connectivity index (χ1v) is 6.29. The summed E-state index contributed by atoms with van der Waals surface area (Å²) in [6.45, 7) is 0. The molecular formula is C15H14ClFO3. The molecule has 1 unspecified atom stereocenters. The smallest absolute Gasteiger partial charge is 0.125 e. The standard InChI is InChI=1S/C15H14ClFO3/c1-19-13-5-3-9(16)7-11(13)15(18)12-8-10(17)4-6-14(12)20-2/h3-8,15,18H,1-2H3. The fraction of sp³-hybridized carbons (Fsp3) is 0.200. The number of aliphatic hydroxyl groups excluding tert-OH is 1. The molecule has 1 N–H and O–H groups in total. The number of aliphatic hydroxyl groups is 1. The van der Waals surface area contributed by atoms with Gasteiger partial charge in [0.15, 0.2) is 0 Å². The Balaban J connectivity index is 2.53. The van der Waals surface area contributed by atoms with Crippen LogP contribution < -0.4 is 9.47 Å². The summed E-state index contributed by atoms with van der Waals surface area (Å²) < 4.78 is 23.7. The number of halogens is 2. The van der Waals surface area contributed by atoms with Gasteiger partial charge in [-0.05, 0) is 36.4 Å². The van der Waals surface area contributed by atoms with Crippen LogP contribution >= 0.6 is 11.6 Å². The lowest BCUT2D eigenvalue weighted by Gasteiger charge is -2.18. The minimum Gasteiger partial charge on any atom is -0.496 e. The van der Waals surface area contributed by atoms with Crippen molar-refractivity contribution in [2.24, 2.45) is 0 Å². The molecule has 0 aliphatic heterocycles. The summed E-state index contributed by atoms with van der Waals surface area (Å²) in [5.74, 6) is 0.398. The minimum absolute atomic E-state index is 0.313. The highest BCUT2D eigenvalue weighted by Crippen LogP contribution is 2.36. The number of hydrogen-bond donors (Lipinski definition) is 1. The quantitative estimate of drug-likeness (QED) is 0.937. The van der Waals surface area contributed by atoms with Crippen LogP contribution in [0.15, 0.2) is 36.4 Å². The first-order chi connectivity index (χ1) is 9.56. The Bertz CT molecular complexity index is 563. The van der Waals surface area contributed by atoms with Crippen molar-refractivity contribution in [1.82, 2.24) is 0 Å². The molecule has 0 saturated heterocycles. The summed E-state index contributed by atoms with van der Waals surface area (Å²) in [6, 6.07) is 8.83. The van der Waals surface area contributed by atoms with Gasteiger partial charge in [0.2, 0.25) is 0 Å². The van der Waals surface area contributed by atoms with Crippen LogP contribution in [0.25, 0.3) is 0 Å². The molecule has 20 heavy (non-hydrogen) atoms. The van der Waals surface area contributed by atoms with Crippen molar-refractivity contribution < 1.29 is 19.0 Å². The van der Waals surface area contributed by atoms with E-state index in [2.05, 4.69) is 0 Å². The average molecular weight is 297 g/mol. The monoisotopic (exact) mass is 296 g/mol. The van der Waals surface area contributed by atoms with E-state index in [1.165, 1.54) is 32.4 Å². The van der Waals surface area contributed by atoms with Crippen molar-refractivity contribution in [2.45, 2.75) is 6.10 Å². The third kappa shape index (κ3) is 2.86. The van der Waals surface area contributed by atoms with Gasteiger partial charge in [0, 0.05) is 16.1 Å². The van der Waals surface area contributed by atoms with E-state index in [0.29, 0.717) is 27.6 Å². The van der Waals surface area contributed by atoms with Crippen molar-refractivity contribution in [3.63, 3.8) is 0 Å². The van der Waals surface area contributed by atoms with Gasteiger partial charge in [-0.2, -0.15) is 0 Å². The van der Waals surface area contributed by atoms with Crippen molar-refractivity contribution in [2.75, 3.05) is 14.2 Å². The number of hydrogen-bond acceptors (Lipinski definition) is 3. The van der Waals surface area contributed by atoms with E-state index in [1.54, 1.807) is 18.2 Å². The summed E-state index contributed by atoms with van der Waals surface area (Å²) in [5, 5.41) is 10.9. The summed E-state index contributed by atoms with van der Waals surface area (Å²) in [4.78, 5) is 0. The molecule has 0 aliphatic rings. The SMILES string of the molecule is COc1ccc(F)cc1C(O)c1cc(Cl)ccc1OC. The lowest BCUT2D eigenvalue weighted by atomic mass is 9.99. The molecule has 0 amide bonds. The second-order valence-corrected chi connectivity index (χ2v) is 4.61. The Morgan fingerprint density at radius 3 is 2.15 bits per heavy atom. The predicted molar refractivity (Wildman–Crippen MR) is 75.0 cm³/mol. The molecule has 3 nitrogen and oxygen atoms in total. The van der Waals surface area contributed by atoms with Crippen LogP contribution in [0.4, 0.5) is 4.39 Å². The third-order valence-corrected chi connectivity index (χ3v) is 3.21. The maximum absolute atomic E-state index is 13.4. The van der Waals surface area contributed by atoms with E-state index in [-0.39, 0.29) is 0 Å². The lowest BCUT2D eigenvalue weighted by molar-refractivity contribution is 0.209. The highest BCUT2D eigenvalue weighted by Gasteiger charge is 2.20. The van der Waals surface area contributed by atoms with Gasteiger partial charge >= 0.3 is 0 Å². The molecule has 0 radical (unpaired) electrons. The van der Waals surface area contributed by atoms with E-state index in [0.717, 1.165) is 0 Å². The number of ether oxygens (including phenoxy) is 2.